The summed E-state index contributed by atoms with van der Waals surface area (Å²) in [4.78, 5) is 0. The molecule has 0 atom stereocenters. The fraction of sp³-hybridized carbons (Fsp3) is 0.500. The predicted molar refractivity (Wildman–Crippen MR) is 57.3 cm³/mol. The molecule has 0 amide bonds. The Morgan fingerprint density at radius 3 is 2.43 bits per heavy atom. The lowest BCUT2D eigenvalue weighted by Gasteiger charge is -2.23. The number of benzene rings is 1. The molecule has 1 aromatic carbocycles. The van der Waals surface area contributed by atoms with Crippen molar-refractivity contribution in [2.75, 3.05) is 6.61 Å². The molecule has 0 heterocycles. The minimum absolute atomic E-state index is 0.0736. The highest BCUT2D eigenvalue weighted by Crippen LogP contribution is 2.27. The van der Waals surface area contributed by atoms with Gasteiger partial charge in [0.2, 0.25) is 0 Å². The van der Waals surface area contributed by atoms with Gasteiger partial charge < -0.3 is 10.5 Å². The molecule has 2 rings (SSSR count). The highest BCUT2D eigenvalue weighted by Gasteiger charge is 2.29. The van der Waals surface area contributed by atoms with Crippen LogP contribution in [-0.2, 0) is 0 Å². The third-order valence-electron chi connectivity index (χ3n) is 2.87. The third-order valence-corrected chi connectivity index (χ3v) is 2.87. The van der Waals surface area contributed by atoms with E-state index in [1.165, 1.54) is 12.8 Å². The van der Waals surface area contributed by atoms with E-state index in [1.54, 1.807) is 0 Å². The molecule has 0 spiro atoms. The van der Waals surface area contributed by atoms with Crippen LogP contribution in [0.2, 0.25) is 0 Å². The van der Waals surface area contributed by atoms with Crippen LogP contribution in [0.5, 0.6) is 5.75 Å². The smallest absolute Gasteiger partial charge is 0.119 e. The second-order valence-electron chi connectivity index (χ2n) is 4.17. The molecule has 1 fully saturated rings. The molecule has 1 aliphatic carbocycles. The average Bonchev–Trinajstić information content (AvgIpc) is 2.65. The Hall–Kier alpha value is -1.02. The highest BCUT2D eigenvalue weighted by atomic mass is 16.5. The van der Waals surface area contributed by atoms with E-state index >= 15 is 0 Å². The minimum Gasteiger partial charge on any atom is -0.492 e. The van der Waals surface area contributed by atoms with Crippen molar-refractivity contribution in [1.29, 1.82) is 0 Å². The van der Waals surface area contributed by atoms with Crippen LogP contribution in [-0.4, -0.2) is 12.1 Å². The number of hydrogen-bond acceptors (Lipinski definition) is 2. The van der Waals surface area contributed by atoms with Crippen molar-refractivity contribution < 1.29 is 4.74 Å². The SMILES string of the molecule is NC1(COc2ccccc2)CCCC1. The second kappa shape index (κ2) is 4.01. The first kappa shape index (κ1) is 9.53. The van der Waals surface area contributed by atoms with E-state index in [4.69, 9.17) is 10.5 Å². The first-order chi connectivity index (χ1) is 6.79. The van der Waals surface area contributed by atoms with Gasteiger partial charge in [-0.2, -0.15) is 0 Å². The summed E-state index contributed by atoms with van der Waals surface area (Å²) in [5.74, 6) is 0.921. The van der Waals surface area contributed by atoms with Gasteiger partial charge in [0.05, 0.1) is 5.54 Å². The van der Waals surface area contributed by atoms with Gasteiger partial charge in [-0.15, -0.1) is 0 Å². The number of para-hydroxylation sites is 1. The third kappa shape index (κ3) is 2.26. The van der Waals surface area contributed by atoms with Crippen LogP contribution in [0.1, 0.15) is 25.7 Å². The molecular weight excluding hydrogens is 174 g/mol. The molecule has 1 saturated carbocycles. The van der Waals surface area contributed by atoms with E-state index in [2.05, 4.69) is 0 Å². The zero-order valence-corrected chi connectivity index (χ0v) is 8.41. The lowest BCUT2D eigenvalue weighted by atomic mass is 10.0. The summed E-state index contributed by atoms with van der Waals surface area (Å²) in [6, 6.07) is 9.89. The summed E-state index contributed by atoms with van der Waals surface area (Å²) in [5.41, 5.74) is 6.11. The first-order valence-corrected chi connectivity index (χ1v) is 5.25. The van der Waals surface area contributed by atoms with Crippen LogP contribution in [0.25, 0.3) is 0 Å². The van der Waals surface area contributed by atoms with Crippen molar-refractivity contribution >= 4 is 0 Å². The van der Waals surface area contributed by atoms with Crippen LogP contribution in [0.15, 0.2) is 30.3 Å². The molecule has 2 N–H and O–H groups in total. The van der Waals surface area contributed by atoms with Gasteiger partial charge in [0.25, 0.3) is 0 Å². The van der Waals surface area contributed by atoms with Gasteiger partial charge in [0, 0.05) is 0 Å². The van der Waals surface area contributed by atoms with Crippen molar-refractivity contribution in [3.05, 3.63) is 30.3 Å². The lowest BCUT2D eigenvalue weighted by molar-refractivity contribution is 0.220. The van der Waals surface area contributed by atoms with Crippen molar-refractivity contribution in [1.82, 2.24) is 0 Å². The number of hydrogen-bond donors (Lipinski definition) is 1. The van der Waals surface area contributed by atoms with Crippen molar-refractivity contribution in [2.45, 2.75) is 31.2 Å². The molecule has 1 aliphatic rings. The molecule has 0 saturated heterocycles. The molecular formula is C12H17NO. The molecule has 1 aromatic rings. The molecule has 0 aliphatic heterocycles. The Morgan fingerprint density at radius 2 is 1.79 bits per heavy atom. The number of nitrogens with two attached hydrogens (primary N) is 1. The topological polar surface area (TPSA) is 35.2 Å². The van der Waals surface area contributed by atoms with E-state index < -0.39 is 0 Å². The summed E-state index contributed by atoms with van der Waals surface area (Å²) >= 11 is 0. The Morgan fingerprint density at radius 1 is 1.14 bits per heavy atom. The Kier molecular flexibility index (Phi) is 2.73. The Balaban J connectivity index is 1.88. The number of ether oxygens (including phenoxy) is 1. The maximum atomic E-state index is 6.18. The molecule has 0 unspecified atom stereocenters. The van der Waals surface area contributed by atoms with Gasteiger partial charge in [-0.3, -0.25) is 0 Å². The summed E-state index contributed by atoms with van der Waals surface area (Å²) in [5, 5.41) is 0. The van der Waals surface area contributed by atoms with Crippen LogP contribution in [0, 0.1) is 0 Å². The maximum absolute atomic E-state index is 6.18. The summed E-state index contributed by atoms with van der Waals surface area (Å²) in [7, 11) is 0. The maximum Gasteiger partial charge on any atom is 0.119 e. The van der Waals surface area contributed by atoms with Crippen molar-refractivity contribution in [3.63, 3.8) is 0 Å². The van der Waals surface area contributed by atoms with Gasteiger partial charge in [-0.25, -0.2) is 0 Å². The minimum atomic E-state index is -0.0736. The van der Waals surface area contributed by atoms with E-state index in [9.17, 15) is 0 Å². The van der Waals surface area contributed by atoms with E-state index in [1.807, 2.05) is 30.3 Å². The summed E-state index contributed by atoms with van der Waals surface area (Å²) < 4.78 is 5.67. The largest absolute Gasteiger partial charge is 0.492 e. The zero-order chi connectivity index (χ0) is 9.86. The Labute approximate surface area is 85.1 Å². The first-order valence-electron chi connectivity index (χ1n) is 5.25. The number of rotatable bonds is 3. The van der Waals surface area contributed by atoms with Crippen LogP contribution >= 0.6 is 0 Å². The monoisotopic (exact) mass is 191 g/mol. The molecule has 2 nitrogen and oxygen atoms in total. The quantitative estimate of drug-likeness (QED) is 0.795. The van der Waals surface area contributed by atoms with E-state index in [0.29, 0.717) is 6.61 Å². The lowest BCUT2D eigenvalue weighted by Crippen LogP contribution is -2.42. The van der Waals surface area contributed by atoms with E-state index in [0.717, 1.165) is 18.6 Å². The van der Waals surface area contributed by atoms with Gasteiger partial charge >= 0.3 is 0 Å². The highest BCUT2D eigenvalue weighted by molar-refractivity contribution is 5.21. The second-order valence-corrected chi connectivity index (χ2v) is 4.17. The predicted octanol–water partition coefficient (Wildman–Crippen LogP) is 2.34. The standard InChI is InChI=1S/C12H17NO/c13-12(8-4-5-9-12)10-14-11-6-2-1-3-7-11/h1-3,6-7H,4-5,8-10,13H2. The molecule has 14 heavy (non-hydrogen) atoms. The summed E-state index contributed by atoms with van der Waals surface area (Å²) in [6.07, 6.45) is 4.68. The average molecular weight is 191 g/mol. The van der Waals surface area contributed by atoms with E-state index in [-0.39, 0.29) is 5.54 Å². The van der Waals surface area contributed by atoms with Crippen molar-refractivity contribution in [2.24, 2.45) is 5.73 Å². The fourth-order valence-corrected chi connectivity index (χ4v) is 1.97. The normalized spacial score (nSPS) is 19.5. The zero-order valence-electron chi connectivity index (χ0n) is 8.41. The molecule has 0 aromatic heterocycles. The van der Waals surface area contributed by atoms with Gasteiger partial charge in [-0.1, -0.05) is 31.0 Å². The molecule has 76 valence electrons. The molecule has 0 bridgehead atoms. The van der Waals surface area contributed by atoms with Gasteiger partial charge in [-0.05, 0) is 25.0 Å². The van der Waals surface area contributed by atoms with Gasteiger partial charge in [0.1, 0.15) is 12.4 Å². The van der Waals surface area contributed by atoms with Crippen molar-refractivity contribution in [3.8, 4) is 5.75 Å². The van der Waals surface area contributed by atoms with Crippen LogP contribution in [0.3, 0.4) is 0 Å². The Bertz CT molecular complexity index is 278. The van der Waals surface area contributed by atoms with Crippen LogP contribution < -0.4 is 10.5 Å². The van der Waals surface area contributed by atoms with Crippen LogP contribution in [0.4, 0.5) is 0 Å². The molecule has 2 heteroatoms. The van der Waals surface area contributed by atoms with Gasteiger partial charge in [0.15, 0.2) is 0 Å². The molecule has 0 radical (unpaired) electrons. The summed E-state index contributed by atoms with van der Waals surface area (Å²) in [6.45, 7) is 0.650. The fourth-order valence-electron chi connectivity index (χ4n) is 1.97.